The maximum absolute atomic E-state index is 13.9. The second kappa shape index (κ2) is 11.2. The van der Waals surface area contributed by atoms with Crippen LogP contribution in [-0.4, -0.2) is 44.0 Å². The number of amides is 1. The van der Waals surface area contributed by atoms with E-state index in [0.717, 1.165) is 11.1 Å². The molecule has 2 aromatic rings. The summed E-state index contributed by atoms with van der Waals surface area (Å²) >= 11 is 0. The van der Waals surface area contributed by atoms with Crippen LogP contribution in [-0.2, 0) is 11.3 Å². The summed E-state index contributed by atoms with van der Waals surface area (Å²) < 4.78 is 19.4. The van der Waals surface area contributed by atoms with Crippen molar-refractivity contribution in [1.29, 1.82) is 0 Å². The SMILES string of the molecule is CCNC(=NCc1cccc(OCC(=O)N(C)C)c1)NC(C)c1ccc(C)c(F)c1. The number of nitrogens with zero attached hydrogens (tertiary/aromatic N) is 2. The lowest BCUT2D eigenvalue weighted by Gasteiger charge is -2.18. The Morgan fingerprint density at radius 2 is 2.00 bits per heavy atom. The van der Waals surface area contributed by atoms with Crippen LogP contribution in [0, 0.1) is 12.7 Å². The first-order chi connectivity index (χ1) is 14.3. The Hall–Kier alpha value is -3.09. The van der Waals surface area contributed by atoms with Gasteiger partial charge in [0.1, 0.15) is 11.6 Å². The van der Waals surface area contributed by atoms with Gasteiger partial charge in [0.2, 0.25) is 0 Å². The van der Waals surface area contributed by atoms with Crippen molar-refractivity contribution < 1.29 is 13.9 Å². The van der Waals surface area contributed by atoms with Gasteiger partial charge in [-0.2, -0.15) is 0 Å². The zero-order valence-corrected chi connectivity index (χ0v) is 18.3. The highest BCUT2D eigenvalue weighted by molar-refractivity contribution is 5.80. The topological polar surface area (TPSA) is 66.0 Å². The maximum Gasteiger partial charge on any atom is 0.259 e. The number of hydrogen-bond donors (Lipinski definition) is 2. The summed E-state index contributed by atoms with van der Waals surface area (Å²) in [5.74, 6) is 0.950. The molecule has 0 saturated heterocycles. The predicted octanol–water partition coefficient (Wildman–Crippen LogP) is 3.42. The zero-order chi connectivity index (χ0) is 22.1. The van der Waals surface area contributed by atoms with Crippen molar-refractivity contribution >= 4 is 11.9 Å². The highest BCUT2D eigenvalue weighted by atomic mass is 19.1. The highest BCUT2D eigenvalue weighted by Crippen LogP contribution is 2.17. The second-order valence-electron chi connectivity index (χ2n) is 7.29. The molecule has 0 aliphatic carbocycles. The molecule has 7 heteroatoms. The van der Waals surface area contributed by atoms with Crippen molar-refractivity contribution in [2.75, 3.05) is 27.2 Å². The van der Waals surface area contributed by atoms with Crippen molar-refractivity contribution in [1.82, 2.24) is 15.5 Å². The average molecular weight is 415 g/mol. The average Bonchev–Trinajstić information content (AvgIpc) is 2.72. The van der Waals surface area contributed by atoms with Crippen LogP contribution in [0.4, 0.5) is 4.39 Å². The first-order valence-electron chi connectivity index (χ1n) is 10.0. The third kappa shape index (κ3) is 7.06. The summed E-state index contributed by atoms with van der Waals surface area (Å²) in [5, 5.41) is 6.52. The molecular formula is C23H31FN4O2. The van der Waals surface area contributed by atoms with Crippen LogP contribution in [0.15, 0.2) is 47.5 Å². The van der Waals surface area contributed by atoms with Crippen molar-refractivity contribution in [3.05, 3.63) is 65.0 Å². The smallest absolute Gasteiger partial charge is 0.259 e. The number of rotatable bonds is 8. The van der Waals surface area contributed by atoms with Crippen LogP contribution in [0.3, 0.4) is 0 Å². The van der Waals surface area contributed by atoms with Crippen molar-refractivity contribution in [2.24, 2.45) is 4.99 Å². The quantitative estimate of drug-likeness (QED) is 0.513. The first kappa shape index (κ1) is 23.2. The molecule has 1 unspecified atom stereocenters. The molecule has 1 amide bonds. The van der Waals surface area contributed by atoms with Crippen LogP contribution < -0.4 is 15.4 Å². The van der Waals surface area contributed by atoms with Gasteiger partial charge in [-0.25, -0.2) is 9.38 Å². The molecule has 0 fully saturated rings. The lowest BCUT2D eigenvalue weighted by Crippen LogP contribution is -2.38. The number of ether oxygens (including phenoxy) is 1. The van der Waals surface area contributed by atoms with Crippen LogP contribution in [0.25, 0.3) is 0 Å². The second-order valence-corrected chi connectivity index (χ2v) is 7.29. The molecule has 2 N–H and O–H groups in total. The van der Waals surface area contributed by atoms with E-state index in [1.54, 1.807) is 33.2 Å². The van der Waals surface area contributed by atoms with Gasteiger partial charge in [0.25, 0.3) is 5.91 Å². The Labute approximate surface area is 178 Å². The summed E-state index contributed by atoms with van der Waals surface area (Å²) in [5.41, 5.74) is 2.43. The van der Waals surface area contributed by atoms with Gasteiger partial charge in [0.15, 0.2) is 12.6 Å². The van der Waals surface area contributed by atoms with E-state index in [4.69, 9.17) is 4.74 Å². The number of aliphatic imine (C=N–C) groups is 1. The van der Waals surface area contributed by atoms with Gasteiger partial charge in [-0.3, -0.25) is 4.79 Å². The van der Waals surface area contributed by atoms with E-state index < -0.39 is 0 Å². The van der Waals surface area contributed by atoms with Gasteiger partial charge in [0.05, 0.1) is 12.6 Å². The minimum Gasteiger partial charge on any atom is -0.484 e. The number of hydrogen-bond acceptors (Lipinski definition) is 3. The normalized spacial score (nSPS) is 12.3. The van der Waals surface area contributed by atoms with E-state index in [2.05, 4.69) is 15.6 Å². The monoisotopic (exact) mass is 414 g/mol. The Morgan fingerprint density at radius 1 is 1.23 bits per heavy atom. The predicted molar refractivity (Wildman–Crippen MR) is 118 cm³/mol. The largest absolute Gasteiger partial charge is 0.484 e. The minimum atomic E-state index is -0.215. The van der Waals surface area contributed by atoms with E-state index in [9.17, 15) is 9.18 Å². The third-order valence-electron chi connectivity index (χ3n) is 4.57. The highest BCUT2D eigenvalue weighted by Gasteiger charge is 2.10. The molecule has 162 valence electrons. The molecule has 0 aromatic heterocycles. The summed E-state index contributed by atoms with van der Waals surface area (Å²) in [6.07, 6.45) is 0. The number of halogens is 1. The Balaban J connectivity index is 2.04. The van der Waals surface area contributed by atoms with Crippen LogP contribution in [0.2, 0.25) is 0 Å². The molecule has 0 aliphatic heterocycles. The number of aryl methyl sites for hydroxylation is 1. The summed E-state index contributed by atoms with van der Waals surface area (Å²) in [7, 11) is 3.39. The number of benzene rings is 2. The van der Waals surface area contributed by atoms with Crippen molar-refractivity contribution in [2.45, 2.75) is 33.4 Å². The molecular weight excluding hydrogens is 383 g/mol. The molecule has 30 heavy (non-hydrogen) atoms. The molecule has 0 aliphatic rings. The van der Waals surface area contributed by atoms with E-state index in [1.165, 1.54) is 4.90 Å². The van der Waals surface area contributed by atoms with Crippen LogP contribution >= 0.6 is 0 Å². The summed E-state index contributed by atoms with van der Waals surface area (Å²) in [6.45, 7) is 6.84. The molecule has 6 nitrogen and oxygen atoms in total. The van der Waals surface area contributed by atoms with Gasteiger partial charge >= 0.3 is 0 Å². The molecule has 0 spiro atoms. The minimum absolute atomic E-state index is 0.00542. The zero-order valence-electron chi connectivity index (χ0n) is 18.3. The van der Waals surface area contributed by atoms with Gasteiger partial charge in [0, 0.05) is 20.6 Å². The van der Waals surface area contributed by atoms with E-state index in [1.807, 2.05) is 44.2 Å². The fourth-order valence-electron chi connectivity index (χ4n) is 2.67. The molecule has 1 atom stereocenters. The Kier molecular flexibility index (Phi) is 8.65. The fourth-order valence-corrected chi connectivity index (χ4v) is 2.67. The van der Waals surface area contributed by atoms with Crippen molar-refractivity contribution in [3.63, 3.8) is 0 Å². The standard InChI is InChI=1S/C23H31FN4O2/c1-6-25-23(27-17(3)19-11-10-16(2)21(24)13-19)26-14-18-8-7-9-20(12-18)30-15-22(29)28(4)5/h7-13,17H,6,14-15H2,1-5H3,(H2,25,26,27). The third-order valence-corrected chi connectivity index (χ3v) is 4.57. The molecule has 0 heterocycles. The maximum atomic E-state index is 13.9. The molecule has 0 radical (unpaired) electrons. The van der Waals surface area contributed by atoms with Crippen LogP contribution in [0.5, 0.6) is 5.75 Å². The molecule has 0 saturated carbocycles. The molecule has 2 aromatic carbocycles. The summed E-state index contributed by atoms with van der Waals surface area (Å²) in [4.78, 5) is 17.8. The Bertz CT molecular complexity index is 883. The first-order valence-corrected chi connectivity index (χ1v) is 10.0. The number of carbonyl (C=O) groups excluding carboxylic acids is 1. The van der Waals surface area contributed by atoms with E-state index in [-0.39, 0.29) is 24.4 Å². The lowest BCUT2D eigenvalue weighted by atomic mass is 10.1. The van der Waals surface area contributed by atoms with Crippen LogP contribution in [0.1, 0.15) is 36.6 Å². The van der Waals surface area contributed by atoms with Gasteiger partial charge < -0.3 is 20.3 Å². The van der Waals surface area contributed by atoms with E-state index in [0.29, 0.717) is 30.4 Å². The summed E-state index contributed by atoms with van der Waals surface area (Å²) in [6, 6.07) is 12.6. The van der Waals surface area contributed by atoms with Gasteiger partial charge in [-0.1, -0.05) is 24.3 Å². The van der Waals surface area contributed by atoms with Gasteiger partial charge in [-0.15, -0.1) is 0 Å². The lowest BCUT2D eigenvalue weighted by molar-refractivity contribution is -0.130. The van der Waals surface area contributed by atoms with Gasteiger partial charge in [-0.05, 0) is 55.7 Å². The van der Waals surface area contributed by atoms with E-state index >= 15 is 0 Å². The number of likely N-dealkylation sites (N-methyl/N-ethyl adjacent to an activating group) is 1. The Morgan fingerprint density at radius 3 is 2.67 bits per heavy atom. The molecule has 2 rings (SSSR count). The fraction of sp³-hybridized carbons (Fsp3) is 0.391. The number of carbonyl (C=O) groups is 1. The van der Waals surface area contributed by atoms with Crippen molar-refractivity contribution in [3.8, 4) is 5.75 Å². The number of guanidine groups is 1. The molecule has 0 bridgehead atoms. The number of nitrogens with one attached hydrogen (secondary N) is 2.